The van der Waals surface area contributed by atoms with E-state index in [2.05, 4.69) is 5.32 Å². The van der Waals surface area contributed by atoms with Crippen LogP contribution in [-0.4, -0.2) is 52.8 Å². The zero-order valence-corrected chi connectivity index (χ0v) is 5.59. The van der Waals surface area contributed by atoms with Crippen LogP contribution in [0.2, 0.25) is 0 Å². The molecule has 2 atom stereocenters. The van der Waals surface area contributed by atoms with E-state index in [4.69, 9.17) is 10.8 Å². The summed E-state index contributed by atoms with van der Waals surface area (Å²) >= 11 is 0. The first kappa shape index (κ1) is 13.0. The molecular weight excluding hydrogens is 143 g/mol. The van der Waals surface area contributed by atoms with E-state index in [0.29, 0.717) is 0 Å². The van der Waals surface area contributed by atoms with Gasteiger partial charge in [0.15, 0.2) is 0 Å². The second-order valence-corrected chi connectivity index (χ2v) is 2.02. The number of aliphatic carboxylic acids is 1. The van der Waals surface area contributed by atoms with Gasteiger partial charge in [-0.25, -0.2) is 0 Å². The monoisotopic (exact) mass is 156 g/mol. The number of carboxylic acid groups (broad SMARTS) is 1. The van der Waals surface area contributed by atoms with Gasteiger partial charge in [-0.3, -0.25) is 10.1 Å². The molecule has 10 heavy (non-hydrogen) atoms. The molecule has 0 heterocycles. The normalized spacial score (nSPS) is 15.1. The summed E-state index contributed by atoms with van der Waals surface area (Å²) in [6.07, 6.45) is -0.268. The van der Waals surface area contributed by atoms with Gasteiger partial charge < -0.3 is 10.8 Å². The molecular formula is C5H13N2NaO2. The summed E-state index contributed by atoms with van der Waals surface area (Å²) in [6, 6.07) is -0.565. The minimum absolute atomic E-state index is 0. The number of nitrogens with two attached hydrogens (primary N) is 1. The third-order valence-electron chi connectivity index (χ3n) is 0.883. The topological polar surface area (TPSA) is 75.3 Å². The summed E-state index contributed by atoms with van der Waals surface area (Å²) in [7, 11) is 0. The van der Waals surface area contributed by atoms with Crippen LogP contribution in [0, 0.1) is 0 Å². The van der Waals surface area contributed by atoms with Gasteiger partial charge in [-0.15, -0.1) is 0 Å². The Morgan fingerprint density at radius 2 is 2.00 bits per heavy atom. The SMILES string of the molecule is CC(N)NC(C)C(=O)O.[NaH]. The first-order chi connectivity index (χ1) is 4.04. The summed E-state index contributed by atoms with van der Waals surface area (Å²) in [5, 5.41) is 10.9. The standard InChI is InChI=1S/C5H12N2O2.Na.H/c1-3(5(8)9)7-4(2)6;;/h3-4,7H,6H2,1-2H3,(H,8,9);;. The molecule has 0 aliphatic carbocycles. The van der Waals surface area contributed by atoms with E-state index in [9.17, 15) is 4.79 Å². The van der Waals surface area contributed by atoms with E-state index in [-0.39, 0.29) is 35.7 Å². The molecule has 0 aliphatic rings. The van der Waals surface area contributed by atoms with Crippen molar-refractivity contribution in [2.24, 2.45) is 5.73 Å². The van der Waals surface area contributed by atoms with Gasteiger partial charge in [0.05, 0.1) is 6.17 Å². The van der Waals surface area contributed by atoms with Gasteiger partial charge in [-0.1, -0.05) is 0 Å². The van der Waals surface area contributed by atoms with E-state index < -0.39 is 12.0 Å². The fraction of sp³-hybridized carbons (Fsp3) is 0.800. The van der Waals surface area contributed by atoms with E-state index in [1.165, 1.54) is 0 Å². The van der Waals surface area contributed by atoms with Gasteiger partial charge >= 0.3 is 35.5 Å². The van der Waals surface area contributed by atoms with Crippen LogP contribution in [0.25, 0.3) is 0 Å². The Balaban J connectivity index is 0. The molecule has 0 amide bonds. The number of carbonyl (C=O) groups is 1. The zero-order valence-electron chi connectivity index (χ0n) is 5.59. The van der Waals surface area contributed by atoms with Crippen molar-refractivity contribution in [3.05, 3.63) is 0 Å². The molecule has 0 aliphatic heterocycles. The quantitative estimate of drug-likeness (QED) is 0.351. The molecule has 0 bridgehead atoms. The van der Waals surface area contributed by atoms with Crippen molar-refractivity contribution in [3.63, 3.8) is 0 Å². The van der Waals surface area contributed by atoms with E-state index in [1.807, 2.05) is 0 Å². The molecule has 2 unspecified atom stereocenters. The molecule has 0 spiro atoms. The third-order valence-corrected chi connectivity index (χ3v) is 0.883. The van der Waals surface area contributed by atoms with Crippen molar-refractivity contribution < 1.29 is 9.90 Å². The molecule has 4 nitrogen and oxygen atoms in total. The van der Waals surface area contributed by atoms with Gasteiger partial charge in [0.2, 0.25) is 0 Å². The zero-order chi connectivity index (χ0) is 7.44. The molecule has 5 heteroatoms. The second kappa shape index (κ2) is 6.12. The molecule has 0 saturated heterocycles. The van der Waals surface area contributed by atoms with Crippen molar-refractivity contribution in [2.75, 3.05) is 0 Å². The van der Waals surface area contributed by atoms with E-state index in [1.54, 1.807) is 13.8 Å². The summed E-state index contributed by atoms with van der Waals surface area (Å²) < 4.78 is 0. The Bertz CT molecular complexity index is 108. The Morgan fingerprint density at radius 1 is 1.60 bits per heavy atom. The van der Waals surface area contributed by atoms with E-state index in [0.717, 1.165) is 0 Å². The predicted octanol–water partition coefficient (Wildman–Crippen LogP) is -1.29. The number of nitrogens with one attached hydrogen (secondary N) is 1. The molecule has 0 aromatic heterocycles. The van der Waals surface area contributed by atoms with Crippen LogP contribution in [0.1, 0.15) is 13.8 Å². The van der Waals surface area contributed by atoms with Gasteiger partial charge in [-0.2, -0.15) is 0 Å². The van der Waals surface area contributed by atoms with Gasteiger partial charge in [0.1, 0.15) is 6.04 Å². The van der Waals surface area contributed by atoms with Crippen LogP contribution in [0.3, 0.4) is 0 Å². The van der Waals surface area contributed by atoms with Crippen LogP contribution in [0.15, 0.2) is 0 Å². The Hall–Kier alpha value is 0.390. The van der Waals surface area contributed by atoms with Gasteiger partial charge in [0, 0.05) is 0 Å². The Labute approximate surface area is 82.5 Å². The molecule has 0 aromatic carbocycles. The number of rotatable bonds is 3. The van der Waals surface area contributed by atoms with Gasteiger partial charge in [-0.05, 0) is 13.8 Å². The summed E-state index contributed by atoms with van der Waals surface area (Å²) in [5.74, 6) is -0.882. The molecule has 0 radical (unpaired) electrons. The third kappa shape index (κ3) is 6.51. The van der Waals surface area contributed by atoms with Crippen LogP contribution in [-0.2, 0) is 4.79 Å². The fourth-order valence-corrected chi connectivity index (χ4v) is 0.466. The van der Waals surface area contributed by atoms with Crippen molar-refractivity contribution in [1.29, 1.82) is 0 Å². The first-order valence-corrected chi connectivity index (χ1v) is 2.78. The average Bonchev–Trinajstić information content (AvgIpc) is 1.63. The van der Waals surface area contributed by atoms with Crippen LogP contribution < -0.4 is 11.1 Å². The average molecular weight is 156 g/mol. The second-order valence-electron chi connectivity index (χ2n) is 2.02. The summed E-state index contributed by atoms with van der Waals surface area (Å²) in [6.45, 7) is 3.24. The maximum atomic E-state index is 10.1. The summed E-state index contributed by atoms with van der Waals surface area (Å²) in [5.41, 5.74) is 5.26. The van der Waals surface area contributed by atoms with Crippen molar-refractivity contribution in [2.45, 2.75) is 26.1 Å². The molecule has 0 saturated carbocycles. The Morgan fingerprint density at radius 3 is 2.10 bits per heavy atom. The van der Waals surface area contributed by atoms with Gasteiger partial charge in [0.25, 0.3) is 0 Å². The molecule has 0 aromatic rings. The first-order valence-electron chi connectivity index (χ1n) is 2.78. The maximum absolute atomic E-state index is 10.1. The Kier molecular flexibility index (Phi) is 7.97. The van der Waals surface area contributed by atoms with E-state index >= 15 is 0 Å². The molecule has 0 fully saturated rings. The van der Waals surface area contributed by atoms with Crippen molar-refractivity contribution in [1.82, 2.24) is 5.32 Å². The minimum atomic E-state index is -0.882. The predicted molar refractivity (Wildman–Crippen MR) is 41.0 cm³/mol. The molecule has 0 rings (SSSR count). The van der Waals surface area contributed by atoms with Crippen LogP contribution >= 0.6 is 0 Å². The van der Waals surface area contributed by atoms with Crippen molar-refractivity contribution >= 4 is 35.5 Å². The number of hydrogen-bond donors (Lipinski definition) is 3. The summed E-state index contributed by atoms with van der Waals surface area (Å²) in [4.78, 5) is 10.1. The van der Waals surface area contributed by atoms with Crippen molar-refractivity contribution in [3.8, 4) is 0 Å². The van der Waals surface area contributed by atoms with Crippen LogP contribution in [0.5, 0.6) is 0 Å². The molecule has 4 N–H and O–H groups in total. The fourth-order valence-electron chi connectivity index (χ4n) is 0.466. The van der Waals surface area contributed by atoms with Crippen LogP contribution in [0.4, 0.5) is 0 Å². The number of hydrogen-bond acceptors (Lipinski definition) is 3. The number of carboxylic acids is 1. The molecule has 56 valence electrons.